The molecule has 4 N–H and O–H groups in total. The lowest BCUT2D eigenvalue weighted by atomic mass is 9.65. The summed E-state index contributed by atoms with van der Waals surface area (Å²) in [6, 6.07) is 7.07. The molecule has 0 heterocycles. The van der Waals surface area contributed by atoms with Crippen LogP contribution in [0.1, 0.15) is 45.4 Å². The van der Waals surface area contributed by atoms with Gasteiger partial charge in [-0.1, -0.05) is 13.3 Å². The summed E-state index contributed by atoms with van der Waals surface area (Å²) < 4.78 is 26.1. The molecule has 2 atom stereocenters. The highest BCUT2D eigenvalue weighted by molar-refractivity contribution is 7.92. The highest BCUT2D eigenvalue weighted by Gasteiger charge is 2.40. The van der Waals surface area contributed by atoms with Crippen molar-refractivity contribution in [2.75, 3.05) is 15.8 Å². The SMILES string of the molecule is CCCS(=O)(=O)Nc1ccc(NC(=O)C2CC3CCCC(C2)C3N)cc1.Cl. The Morgan fingerprint density at radius 3 is 2.22 bits per heavy atom. The van der Waals surface area contributed by atoms with E-state index in [0.29, 0.717) is 29.6 Å². The van der Waals surface area contributed by atoms with E-state index in [1.165, 1.54) is 6.42 Å². The Hall–Kier alpha value is -1.31. The largest absolute Gasteiger partial charge is 0.327 e. The number of nitrogens with two attached hydrogens (primary N) is 1. The van der Waals surface area contributed by atoms with Gasteiger partial charge >= 0.3 is 0 Å². The van der Waals surface area contributed by atoms with E-state index in [1.807, 2.05) is 6.92 Å². The van der Waals surface area contributed by atoms with Gasteiger partial charge in [0.2, 0.25) is 15.9 Å². The maximum absolute atomic E-state index is 12.6. The fourth-order valence-corrected chi connectivity index (χ4v) is 5.50. The van der Waals surface area contributed by atoms with Gasteiger partial charge in [-0.15, -0.1) is 12.4 Å². The van der Waals surface area contributed by atoms with Gasteiger partial charge in [-0.05, 0) is 68.2 Å². The van der Waals surface area contributed by atoms with Crippen LogP contribution in [-0.2, 0) is 14.8 Å². The Kier molecular flexibility index (Phi) is 7.54. The third-order valence-electron chi connectivity index (χ3n) is 5.68. The maximum Gasteiger partial charge on any atom is 0.232 e. The number of anilines is 2. The minimum atomic E-state index is -3.30. The number of carbonyl (C=O) groups excluding carboxylic acids is 1. The summed E-state index contributed by atoms with van der Waals surface area (Å²) >= 11 is 0. The van der Waals surface area contributed by atoms with Gasteiger partial charge in [0.1, 0.15) is 0 Å². The molecule has 6 nitrogen and oxygen atoms in total. The summed E-state index contributed by atoms with van der Waals surface area (Å²) in [5.74, 6) is 1.10. The van der Waals surface area contributed by atoms with Crippen molar-refractivity contribution in [3.8, 4) is 0 Å². The summed E-state index contributed by atoms with van der Waals surface area (Å²) in [4.78, 5) is 12.6. The molecule has 0 aromatic heterocycles. The number of fused-ring (bicyclic) bond motifs is 2. The first-order valence-electron chi connectivity index (χ1n) is 9.55. The standard InChI is InChI=1S/C19H29N3O3S.ClH/c1-2-10-26(24,25)22-17-8-6-16(7-9-17)21-19(23)15-11-13-4-3-5-14(12-15)18(13)20;/h6-9,13-15,18,22H,2-5,10-12,20H2,1H3,(H,21,23);1H. The number of benzene rings is 1. The minimum absolute atomic E-state index is 0. The first kappa shape index (κ1) is 22.0. The van der Waals surface area contributed by atoms with Crippen LogP contribution >= 0.6 is 12.4 Å². The average molecular weight is 416 g/mol. The van der Waals surface area contributed by atoms with Gasteiger partial charge in [0.25, 0.3) is 0 Å². The summed E-state index contributed by atoms with van der Waals surface area (Å²) in [5.41, 5.74) is 7.50. The van der Waals surface area contributed by atoms with Crippen LogP contribution in [0.3, 0.4) is 0 Å². The van der Waals surface area contributed by atoms with Gasteiger partial charge < -0.3 is 11.1 Å². The van der Waals surface area contributed by atoms with Gasteiger partial charge in [0.15, 0.2) is 0 Å². The van der Waals surface area contributed by atoms with Crippen LogP contribution in [0.15, 0.2) is 24.3 Å². The number of hydrogen-bond donors (Lipinski definition) is 3. The van der Waals surface area contributed by atoms with Gasteiger partial charge in [-0.25, -0.2) is 8.42 Å². The monoisotopic (exact) mass is 415 g/mol. The van der Waals surface area contributed by atoms with Crippen LogP contribution in [-0.4, -0.2) is 26.1 Å². The Morgan fingerprint density at radius 1 is 1.11 bits per heavy atom. The van der Waals surface area contributed by atoms with E-state index >= 15 is 0 Å². The Morgan fingerprint density at radius 2 is 1.67 bits per heavy atom. The lowest BCUT2D eigenvalue weighted by Crippen LogP contribution is -2.48. The van der Waals surface area contributed by atoms with Crippen molar-refractivity contribution in [1.29, 1.82) is 0 Å². The second-order valence-electron chi connectivity index (χ2n) is 7.68. The molecule has 0 saturated heterocycles. The number of rotatable bonds is 6. The number of sulfonamides is 1. The van der Waals surface area contributed by atoms with E-state index in [0.717, 1.165) is 25.7 Å². The van der Waals surface area contributed by atoms with Crippen molar-refractivity contribution in [2.45, 2.75) is 51.5 Å². The molecule has 0 aliphatic heterocycles. The van der Waals surface area contributed by atoms with Gasteiger partial charge in [0.05, 0.1) is 5.75 Å². The lowest BCUT2D eigenvalue weighted by molar-refractivity contribution is -0.122. The van der Waals surface area contributed by atoms with E-state index in [-0.39, 0.29) is 36.0 Å². The van der Waals surface area contributed by atoms with Crippen LogP contribution in [0.4, 0.5) is 11.4 Å². The zero-order chi connectivity index (χ0) is 18.7. The molecule has 152 valence electrons. The number of carbonyl (C=O) groups is 1. The Balaban J connectivity index is 0.00000261. The molecule has 2 saturated carbocycles. The number of amides is 1. The lowest BCUT2D eigenvalue weighted by Gasteiger charge is -2.43. The van der Waals surface area contributed by atoms with Gasteiger partial charge in [0, 0.05) is 23.3 Å². The van der Waals surface area contributed by atoms with E-state index in [4.69, 9.17) is 5.73 Å². The molecular weight excluding hydrogens is 386 g/mol. The molecule has 2 aliphatic carbocycles. The molecule has 1 amide bonds. The summed E-state index contributed by atoms with van der Waals surface area (Å²) in [6.07, 6.45) is 5.81. The van der Waals surface area contributed by atoms with Crippen molar-refractivity contribution < 1.29 is 13.2 Å². The third-order valence-corrected chi connectivity index (χ3v) is 7.17. The highest BCUT2D eigenvalue weighted by atomic mass is 35.5. The van der Waals surface area contributed by atoms with Crippen molar-refractivity contribution in [1.82, 2.24) is 0 Å². The Bertz CT molecular complexity index is 725. The first-order valence-corrected chi connectivity index (χ1v) is 11.2. The summed E-state index contributed by atoms with van der Waals surface area (Å²) in [5, 5.41) is 2.97. The maximum atomic E-state index is 12.6. The zero-order valence-electron chi connectivity index (χ0n) is 15.7. The number of halogens is 1. The normalized spacial score (nSPS) is 27.3. The summed E-state index contributed by atoms with van der Waals surface area (Å²) in [6.45, 7) is 1.82. The van der Waals surface area contributed by atoms with Crippen LogP contribution in [0.25, 0.3) is 0 Å². The molecule has 0 spiro atoms. The number of hydrogen-bond acceptors (Lipinski definition) is 4. The quantitative estimate of drug-likeness (QED) is 0.662. The van der Waals surface area contributed by atoms with Crippen molar-refractivity contribution in [3.05, 3.63) is 24.3 Å². The molecule has 8 heteroatoms. The van der Waals surface area contributed by atoms with Crippen LogP contribution in [0.2, 0.25) is 0 Å². The molecule has 0 radical (unpaired) electrons. The molecule has 2 aliphatic rings. The van der Waals surface area contributed by atoms with Crippen LogP contribution in [0, 0.1) is 17.8 Å². The third kappa shape index (κ3) is 5.59. The van der Waals surface area contributed by atoms with E-state index in [9.17, 15) is 13.2 Å². The molecule has 1 aromatic rings. The molecule has 3 rings (SSSR count). The molecule has 1 aromatic carbocycles. The average Bonchev–Trinajstić information content (AvgIpc) is 2.56. The predicted molar refractivity (Wildman–Crippen MR) is 112 cm³/mol. The zero-order valence-corrected chi connectivity index (χ0v) is 17.3. The predicted octanol–water partition coefficient (Wildman–Crippen LogP) is 3.35. The molecular formula is C19H30ClN3O3S. The first-order chi connectivity index (χ1) is 12.4. The summed E-state index contributed by atoms with van der Waals surface area (Å²) in [7, 11) is -3.30. The second-order valence-corrected chi connectivity index (χ2v) is 9.53. The van der Waals surface area contributed by atoms with E-state index in [2.05, 4.69) is 10.0 Å². The smallest absolute Gasteiger partial charge is 0.232 e. The fraction of sp³-hybridized carbons (Fsp3) is 0.632. The van der Waals surface area contributed by atoms with Gasteiger partial charge in [-0.2, -0.15) is 0 Å². The fourth-order valence-electron chi connectivity index (χ4n) is 4.37. The van der Waals surface area contributed by atoms with Crippen LogP contribution < -0.4 is 15.8 Å². The van der Waals surface area contributed by atoms with Crippen LogP contribution in [0.5, 0.6) is 0 Å². The topological polar surface area (TPSA) is 101 Å². The van der Waals surface area contributed by atoms with E-state index in [1.54, 1.807) is 24.3 Å². The molecule has 2 fully saturated rings. The minimum Gasteiger partial charge on any atom is -0.327 e. The molecule has 2 unspecified atom stereocenters. The number of nitrogens with one attached hydrogen (secondary N) is 2. The molecule has 2 bridgehead atoms. The van der Waals surface area contributed by atoms with Crippen molar-refractivity contribution >= 4 is 39.7 Å². The molecule has 27 heavy (non-hydrogen) atoms. The second kappa shape index (κ2) is 9.26. The Labute approximate surface area is 168 Å². The van der Waals surface area contributed by atoms with Crippen molar-refractivity contribution in [2.24, 2.45) is 23.5 Å². The van der Waals surface area contributed by atoms with Crippen molar-refractivity contribution in [3.63, 3.8) is 0 Å². The highest BCUT2D eigenvalue weighted by Crippen LogP contribution is 2.42. The van der Waals surface area contributed by atoms with Gasteiger partial charge in [-0.3, -0.25) is 9.52 Å². The van der Waals surface area contributed by atoms with E-state index < -0.39 is 10.0 Å².